The van der Waals surface area contributed by atoms with E-state index in [0.717, 1.165) is 15.4 Å². The quantitative estimate of drug-likeness (QED) is 0.665. The van der Waals surface area contributed by atoms with E-state index >= 15 is 0 Å². The van der Waals surface area contributed by atoms with Crippen LogP contribution in [0.25, 0.3) is 0 Å². The van der Waals surface area contributed by atoms with E-state index < -0.39 is 10.0 Å². The topological polar surface area (TPSA) is 90.0 Å². The first-order chi connectivity index (χ1) is 15.6. The molecule has 8 nitrogen and oxygen atoms in total. The van der Waals surface area contributed by atoms with Crippen molar-refractivity contribution in [3.63, 3.8) is 0 Å². The van der Waals surface area contributed by atoms with E-state index in [1.54, 1.807) is 19.1 Å². The second kappa shape index (κ2) is 10.5. The van der Waals surface area contributed by atoms with E-state index in [1.165, 1.54) is 20.2 Å². The highest BCUT2D eigenvalue weighted by atomic mass is 32.2. The molecule has 0 saturated carbocycles. The summed E-state index contributed by atoms with van der Waals surface area (Å²) in [5.41, 5.74) is 3.21. The largest absolute Gasteiger partial charge is 0.340 e. The number of sulfonamides is 1. The van der Waals surface area contributed by atoms with Gasteiger partial charge in [0.1, 0.15) is 0 Å². The first-order valence-corrected chi connectivity index (χ1v) is 12.4. The number of anilines is 1. The number of nitrogens with one attached hydrogen (secondary N) is 1. The normalized spacial score (nSPS) is 15.0. The van der Waals surface area contributed by atoms with Crippen LogP contribution in [0.4, 0.5) is 5.69 Å². The second-order valence-corrected chi connectivity index (χ2v) is 10.7. The zero-order valence-corrected chi connectivity index (χ0v) is 20.5. The van der Waals surface area contributed by atoms with E-state index in [9.17, 15) is 18.0 Å². The smallest absolute Gasteiger partial charge is 0.242 e. The van der Waals surface area contributed by atoms with Crippen LogP contribution in [-0.2, 0) is 26.0 Å². The standard InChI is InChI=1S/C24H32N4O4S/c1-18-7-5-6-8-20(18)15-24(30)28-13-11-27(12-14-28)17-23(29)25-21-10-9-19(2)22(16-21)33(31,32)26(3)4/h5-10,16H,11-15,17H2,1-4H3,(H,25,29). The lowest BCUT2D eigenvalue weighted by Gasteiger charge is -2.34. The molecule has 9 heteroatoms. The number of hydrogen-bond donors (Lipinski definition) is 1. The van der Waals surface area contributed by atoms with Crippen LogP contribution < -0.4 is 5.32 Å². The lowest BCUT2D eigenvalue weighted by Crippen LogP contribution is -2.50. The van der Waals surface area contributed by atoms with Crippen molar-refractivity contribution in [2.75, 3.05) is 52.1 Å². The molecule has 178 valence electrons. The van der Waals surface area contributed by atoms with Crippen molar-refractivity contribution >= 4 is 27.5 Å². The average molecular weight is 473 g/mol. The van der Waals surface area contributed by atoms with Crippen molar-refractivity contribution in [3.8, 4) is 0 Å². The van der Waals surface area contributed by atoms with Crippen molar-refractivity contribution in [1.29, 1.82) is 0 Å². The van der Waals surface area contributed by atoms with Gasteiger partial charge in [0, 0.05) is 46.0 Å². The van der Waals surface area contributed by atoms with Gasteiger partial charge in [-0.2, -0.15) is 0 Å². The number of amides is 2. The lowest BCUT2D eigenvalue weighted by molar-refractivity contribution is -0.132. The lowest BCUT2D eigenvalue weighted by atomic mass is 10.1. The molecule has 1 N–H and O–H groups in total. The molecule has 0 bridgehead atoms. The molecule has 1 saturated heterocycles. The SMILES string of the molecule is Cc1ccccc1CC(=O)N1CCN(CC(=O)Nc2ccc(C)c(S(=O)(=O)N(C)C)c2)CC1. The number of nitrogens with zero attached hydrogens (tertiary/aromatic N) is 3. The summed E-state index contributed by atoms with van der Waals surface area (Å²) in [5.74, 6) is -0.116. The van der Waals surface area contributed by atoms with E-state index in [2.05, 4.69) is 5.32 Å². The Morgan fingerprint density at radius 1 is 0.970 bits per heavy atom. The van der Waals surface area contributed by atoms with Gasteiger partial charge in [0.15, 0.2) is 0 Å². The van der Waals surface area contributed by atoms with Crippen LogP contribution in [0.3, 0.4) is 0 Å². The minimum absolute atomic E-state index is 0.0997. The van der Waals surface area contributed by atoms with Gasteiger partial charge in [-0.3, -0.25) is 14.5 Å². The fraction of sp³-hybridized carbons (Fsp3) is 0.417. The number of carbonyl (C=O) groups excluding carboxylic acids is 2. The summed E-state index contributed by atoms with van der Waals surface area (Å²) in [7, 11) is -0.643. The third-order valence-electron chi connectivity index (χ3n) is 5.93. The fourth-order valence-corrected chi connectivity index (χ4v) is 4.94. The van der Waals surface area contributed by atoms with E-state index in [1.807, 2.05) is 41.0 Å². The van der Waals surface area contributed by atoms with Gasteiger partial charge in [0.25, 0.3) is 0 Å². The Morgan fingerprint density at radius 3 is 2.27 bits per heavy atom. The Morgan fingerprint density at radius 2 is 1.64 bits per heavy atom. The van der Waals surface area contributed by atoms with Crippen molar-refractivity contribution in [1.82, 2.24) is 14.1 Å². The monoisotopic (exact) mass is 472 g/mol. The number of hydrogen-bond acceptors (Lipinski definition) is 5. The molecule has 3 rings (SSSR count). The first kappa shape index (κ1) is 24.9. The molecule has 1 heterocycles. The van der Waals surface area contributed by atoms with Crippen LogP contribution in [0.1, 0.15) is 16.7 Å². The van der Waals surface area contributed by atoms with Crippen LogP contribution in [0, 0.1) is 13.8 Å². The van der Waals surface area contributed by atoms with Crippen molar-refractivity contribution < 1.29 is 18.0 Å². The van der Waals surface area contributed by atoms with Crippen LogP contribution in [0.2, 0.25) is 0 Å². The fourth-order valence-electron chi connectivity index (χ4n) is 3.79. The molecule has 2 aromatic rings. The average Bonchev–Trinajstić information content (AvgIpc) is 2.77. The Hall–Kier alpha value is -2.75. The summed E-state index contributed by atoms with van der Waals surface area (Å²) in [6.07, 6.45) is 0.388. The minimum Gasteiger partial charge on any atom is -0.340 e. The van der Waals surface area contributed by atoms with Gasteiger partial charge in [-0.05, 0) is 42.7 Å². The molecular weight excluding hydrogens is 440 g/mol. The number of piperazine rings is 1. The summed E-state index contributed by atoms with van der Waals surface area (Å²) in [4.78, 5) is 29.2. The third-order valence-corrected chi connectivity index (χ3v) is 7.88. The molecule has 33 heavy (non-hydrogen) atoms. The zero-order chi connectivity index (χ0) is 24.2. The molecule has 0 atom stereocenters. The van der Waals surface area contributed by atoms with Crippen molar-refractivity contribution in [2.45, 2.75) is 25.2 Å². The number of aryl methyl sites for hydroxylation is 2. The Balaban J connectivity index is 1.53. The Bertz CT molecular complexity index is 1120. The Kier molecular flexibility index (Phi) is 7.88. The highest BCUT2D eigenvalue weighted by Gasteiger charge is 2.24. The van der Waals surface area contributed by atoms with Gasteiger partial charge in [-0.25, -0.2) is 12.7 Å². The maximum absolute atomic E-state index is 12.7. The molecule has 1 aliphatic rings. The zero-order valence-electron chi connectivity index (χ0n) is 19.7. The molecule has 1 aliphatic heterocycles. The second-order valence-electron chi connectivity index (χ2n) is 8.58. The minimum atomic E-state index is -3.60. The number of carbonyl (C=O) groups is 2. The summed E-state index contributed by atoms with van der Waals surface area (Å²) in [6.45, 7) is 6.29. The first-order valence-electron chi connectivity index (χ1n) is 11.0. The molecule has 0 aromatic heterocycles. The van der Waals surface area contributed by atoms with Crippen LogP contribution in [0.5, 0.6) is 0 Å². The molecule has 0 radical (unpaired) electrons. The third kappa shape index (κ3) is 6.19. The van der Waals surface area contributed by atoms with Crippen LogP contribution in [0.15, 0.2) is 47.4 Å². The maximum Gasteiger partial charge on any atom is 0.242 e. The van der Waals surface area contributed by atoms with E-state index in [0.29, 0.717) is 43.9 Å². The summed E-state index contributed by atoms with van der Waals surface area (Å²) < 4.78 is 26.2. The molecule has 2 aromatic carbocycles. The number of benzene rings is 2. The van der Waals surface area contributed by atoms with Gasteiger partial charge in [0.2, 0.25) is 21.8 Å². The van der Waals surface area contributed by atoms with E-state index in [4.69, 9.17) is 0 Å². The van der Waals surface area contributed by atoms with Gasteiger partial charge in [-0.1, -0.05) is 30.3 Å². The van der Waals surface area contributed by atoms with Gasteiger partial charge in [0.05, 0.1) is 17.9 Å². The summed E-state index contributed by atoms with van der Waals surface area (Å²) in [6, 6.07) is 12.8. The van der Waals surface area contributed by atoms with Gasteiger partial charge >= 0.3 is 0 Å². The van der Waals surface area contributed by atoms with Crippen molar-refractivity contribution in [2.24, 2.45) is 0 Å². The molecule has 0 spiro atoms. The molecule has 1 fully saturated rings. The molecule has 0 aliphatic carbocycles. The Labute approximate surface area is 196 Å². The van der Waals surface area contributed by atoms with Crippen molar-refractivity contribution in [3.05, 3.63) is 59.2 Å². The summed E-state index contributed by atoms with van der Waals surface area (Å²) in [5, 5.41) is 2.80. The highest BCUT2D eigenvalue weighted by Crippen LogP contribution is 2.22. The predicted molar refractivity (Wildman–Crippen MR) is 129 cm³/mol. The van der Waals surface area contributed by atoms with Gasteiger partial charge < -0.3 is 10.2 Å². The van der Waals surface area contributed by atoms with Crippen LogP contribution in [-0.4, -0.2) is 81.2 Å². The highest BCUT2D eigenvalue weighted by molar-refractivity contribution is 7.89. The molecule has 0 unspecified atom stereocenters. The number of rotatable bonds is 7. The van der Waals surface area contributed by atoms with E-state index in [-0.39, 0.29) is 23.3 Å². The van der Waals surface area contributed by atoms with Crippen LogP contribution >= 0.6 is 0 Å². The molecule has 2 amide bonds. The maximum atomic E-state index is 12.7. The molecular formula is C24H32N4O4S. The van der Waals surface area contributed by atoms with Gasteiger partial charge in [-0.15, -0.1) is 0 Å². The summed E-state index contributed by atoms with van der Waals surface area (Å²) >= 11 is 0. The predicted octanol–water partition coefficient (Wildman–Crippen LogP) is 1.88.